The highest BCUT2D eigenvalue weighted by molar-refractivity contribution is 6.09. The molecule has 1 aliphatic carbocycles. The van der Waals surface area contributed by atoms with Gasteiger partial charge in [-0.3, -0.25) is 19.5 Å². The van der Waals surface area contributed by atoms with Crippen molar-refractivity contribution >= 4 is 17.5 Å². The van der Waals surface area contributed by atoms with Gasteiger partial charge in [-0.2, -0.15) is 0 Å². The van der Waals surface area contributed by atoms with E-state index in [1.165, 1.54) is 29.9 Å². The SMILES string of the molecule is CCOc1ccc(N(C(=O)c2cnccn2)C(C(=O)NC2CCCCC2)c2ccc(OC)cc2)cc1. The highest BCUT2D eigenvalue weighted by Gasteiger charge is 2.35. The molecule has 0 saturated heterocycles. The van der Waals surface area contributed by atoms with Crippen molar-refractivity contribution in [2.75, 3.05) is 18.6 Å². The molecular formula is C28H32N4O4. The van der Waals surface area contributed by atoms with Crippen molar-refractivity contribution in [2.24, 2.45) is 0 Å². The molecule has 1 unspecified atom stereocenters. The number of nitrogens with one attached hydrogen (secondary N) is 1. The summed E-state index contributed by atoms with van der Waals surface area (Å²) in [5.41, 5.74) is 1.36. The van der Waals surface area contributed by atoms with Crippen molar-refractivity contribution in [3.63, 3.8) is 0 Å². The number of methoxy groups -OCH3 is 1. The molecule has 0 radical (unpaired) electrons. The maximum Gasteiger partial charge on any atom is 0.279 e. The molecule has 1 aliphatic rings. The number of carbonyl (C=O) groups is 2. The van der Waals surface area contributed by atoms with Gasteiger partial charge in [0, 0.05) is 24.1 Å². The zero-order chi connectivity index (χ0) is 25.3. The van der Waals surface area contributed by atoms with Gasteiger partial charge in [-0.25, -0.2) is 4.98 Å². The van der Waals surface area contributed by atoms with Crippen LogP contribution in [0.25, 0.3) is 0 Å². The van der Waals surface area contributed by atoms with E-state index in [9.17, 15) is 9.59 Å². The number of nitrogens with zero attached hydrogens (tertiary/aromatic N) is 3. The largest absolute Gasteiger partial charge is 0.497 e. The lowest BCUT2D eigenvalue weighted by atomic mass is 9.94. The molecule has 8 nitrogen and oxygen atoms in total. The van der Waals surface area contributed by atoms with E-state index in [4.69, 9.17) is 9.47 Å². The van der Waals surface area contributed by atoms with Crippen LogP contribution in [0.15, 0.2) is 67.1 Å². The quantitative estimate of drug-likeness (QED) is 0.468. The minimum absolute atomic E-state index is 0.0841. The molecule has 1 saturated carbocycles. The standard InChI is InChI=1S/C28H32N4O4/c1-3-36-24-15-11-22(12-16-24)32(28(34)25-19-29-17-18-30-25)26(20-9-13-23(35-2)14-10-20)27(33)31-21-7-5-4-6-8-21/h9-19,21,26H,3-8H2,1-2H3,(H,31,33). The van der Waals surface area contributed by atoms with Gasteiger partial charge < -0.3 is 14.8 Å². The molecule has 36 heavy (non-hydrogen) atoms. The summed E-state index contributed by atoms with van der Waals surface area (Å²) in [6.45, 7) is 2.44. The van der Waals surface area contributed by atoms with Crippen LogP contribution in [0, 0.1) is 0 Å². The Balaban J connectivity index is 1.78. The van der Waals surface area contributed by atoms with E-state index >= 15 is 0 Å². The molecule has 1 N–H and O–H groups in total. The number of hydrogen-bond acceptors (Lipinski definition) is 6. The van der Waals surface area contributed by atoms with Crippen molar-refractivity contribution in [1.29, 1.82) is 0 Å². The highest BCUT2D eigenvalue weighted by atomic mass is 16.5. The molecule has 0 aliphatic heterocycles. The predicted octanol–water partition coefficient (Wildman–Crippen LogP) is 4.72. The van der Waals surface area contributed by atoms with E-state index in [2.05, 4.69) is 15.3 Å². The van der Waals surface area contributed by atoms with Crippen molar-refractivity contribution in [3.8, 4) is 11.5 Å². The van der Waals surface area contributed by atoms with Gasteiger partial charge in [0.15, 0.2) is 0 Å². The second kappa shape index (κ2) is 12.2. The topological polar surface area (TPSA) is 93.7 Å². The summed E-state index contributed by atoms with van der Waals surface area (Å²) in [4.78, 5) is 37.5. The van der Waals surface area contributed by atoms with E-state index in [0.717, 1.165) is 25.7 Å². The van der Waals surface area contributed by atoms with Crippen molar-refractivity contribution in [3.05, 3.63) is 78.4 Å². The molecule has 188 valence electrons. The number of ether oxygens (including phenoxy) is 2. The highest BCUT2D eigenvalue weighted by Crippen LogP contribution is 2.32. The summed E-state index contributed by atoms with van der Waals surface area (Å²) in [7, 11) is 1.59. The number of benzene rings is 2. The minimum Gasteiger partial charge on any atom is -0.497 e. The molecular weight excluding hydrogens is 456 g/mol. The summed E-state index contributed by atoms with van der Waals surface area (Å²) in [5, 5.41) is 3.21. The third-order valence-electron chi connectivity index (χ3n) is 6.32. The van der Waals surface area contributed by atoms with Gasteiger partial charge in [-0.15, -0.1) is 0 Å². The number of rotatable bonds is 9. The number of hydrogen-bond donors (Lipinski definition) is 1. The second-order valence-corrected chi connectivity index (χ2v) is 8.71. The Bertz CT molecular complexity index is 1130. The van der Waals surface area contributed by atoms with Crippen LogP contribution in [0.5, 0.6) is 11.5 Å². The van der Waals surface area contributed by atoms with Crippen LogP contribution in [-0.2, 0) is 4.79 Å². The Labute approximate surface area is 211 Å². The first-order chi connectivity index (χ1) is 17.6. The molecule has 1 atom stereocenters. The normalized spacial score (nSPS) is 14.5. The Kier molecular flexibility index (Phi) is 8.49. The first kappa shape index (κ1) is 25.2. The summed E-state index contributed by atoms with van der Waals surface area (Å²) in [6.07, 6.45) is 9.59. The lowest BCUT2D eigenvalue weighted by molar-refractivity contribution is -0.123. The third-order valence-corrected chi connectivity index (χ3v) is 6.32. The molecule has 8 heteroatoms. The fourth-order valence-corrected chi connectivity index (χ4v) is 4.52. The smallest absolute Gasteiger partial charge is 0.279 e. The minimum atomic E-state index is -0.926. The van der Waals surface area contributed by atoms with Crippen LogP contribution in [0.3, 0.4) is 0 Å². The fraction of sp³-hybridized carbons (Fsp3) is 0.357. The molecule has 0 spiro atoms. The summed E-state index contributed by atoms with van der Waals surface area (Å²) in [6, 6.07) is 13.5. The monoisotopic (exact) mass is 488 g/mol. The van der Waals surface area contributed by atoms with Gasteiger partial charge in [0.25, 0.3) is 5.91 Å². The first-order valence-electron chi connectivity index (χ1n) is 12.4. The van der Waals surface area contributed by atoms with Crippen molar-refractivity contribution < 1.29 is 19.1 Å². The second-order valence-electron chi connectivity index (χ2n) is 8.71. The van der Waals surface area contributed by atoms with Crippen LogP contribution in [0.4, 0.5) is 5.69 Å². The molecule has 2 aromatic carbocycles. The Morgan fingerprint density at radius 3 is 2.31 bits per heavy atom. The van der Waals surface area contributed by atoms with Crippen LogP contribution in [0.1, 0.15) is 61.1 Å². The number of carbonyl (C=O) groups excluding carboxylic acids is 2. The summed E-state index contributed by atoms with van der Waals surface area (Å²) >= 11 is 0. The average molecular weight is 489 g/mol. The number of anilines is 1. The van der Waals surface area contributed by atoms with E-state index in [-0.39, 0.29) is 17.6 Å². The molecule has 1 aromatic heterocycles. The van der Waals surface area contributed by atoms with Gasteiger partial charge in [0.1, 0.15) is 23.2 Å². The van der Waals surface area contributed by atoms with Gasteiger partial charge in [0.2, 0.25) is 5.91 Å². The molecule has 0 bridgehead atoms. The average Bonchev–Trinajstić information content (AvgIpc) is 2.93. The van der Waals surface area contributed by atoms with Crippen molar-refractivity contribution in [1.82, 2.24) is 15.3 Å². The summed E-state index contributed by atoms with van der Waals surface area (Å²) < 4.78 is 10.9. The number of aromatic nitrogens is 2. The van der Waals surface area contributed by atoms with Crippen LogP contribution < -0.4 is 19.7 Å². The maximum atomic E-state index is 13.9. The number of amides is 2. The Morgan fingerprint density at radius 1 is 1.00 bits per heavy atom. The van der Waals surface area contributed by atoms with Gasteiger partial charge >= 0.3 is 0 Å². The Morgan fingerprint density at radius 2 is 1.69 bits per heavy atom. The predicted molar refractivity (Wildman–Crippen MR) is 137 cm³/mol. The Hall–Kier alpha value is -3.94. The van der Waals surface area contributed by atoms with Crippen molar-refractivity contribution in [2.45, 2.75) is 51.1 Å². The lowest BCUT2D eigenvalue weighted by Crippen LogP contribution is -2.47. The maximum absolute atomic E-state index is 13.9. The first-order valence-corrected chi connectivity index (χ1v) is 12.4. The van der Waals surface area contributed by atoms with E-state index in [1.54, 1.807) is 43.5 Å². The molecule has 2 amide bonds. The molecule has 1 heterocycles. The van der Waals surface area contributed by atoms with Crippen LogP contribution in [0.2, 0.25) is 0 Å². The van der Waals surface area contributed by atoms with Crippen LogP contribution >= 0.6 is 0 Å². The van der Waals surface area contributed by atoms with Gasteiger partial charge in [0.05, 0.1) is 19.9 Å². The molecule has 1 fully saturated rings. The molecule has 3 aromatic rings. The van der Waals surface area contributed by atoms with Gasteiger partial charge in [-0.05, 0) is 61.7 Å². The third kappa shape index (κ3) is 6.00. The van der Waals surface area contributed by atoms with E-state index in [0.29, 0.717) is 29.4 Å². The van der Waals surface area contributed by atoms with E-state index in [1.807, 2.05) is 19.1 Å². The van der Waals surface area contributed by atoms with E-state index < -0.39 is 11.9 Å². The van der Waals surface area contributed by atoms with Gasteiger partial charge in [-0.1, -0.05) is 31.4 Å². The zero-order valence-corrected chi connectivity index (χ0v) is 20.7. The fourth-order valence-electron chi connectivity index (χ4n) is 4.52. The molecule has 4 rings (SSSR count). The lowest BCUT2D eigenvalue weighted by Gasteiger charge is -2.33. The summed E-state index contributed by atoms with van der Waals surface area (Å²) in [5.74, 6) is 0.684. The van der Waals surface area contributed by atoms with Crippen LogP contribution in [-0.4, -0.2) is 41.5 Å². The zero-order valence-electron chi connectivity index (χ0n) is 20.7.